The number of nitrogens with one attached hydrogen (secondary N) is 1. The summed E-state index contributed by atoms with van der Waals surface area (Å²) in [6, 6.07) is 6.66. The summed E-state index contributed by atoms with van der Waals surface area (Å²) in [4.78, 5) is 32.7. The highest BCUT2D eigenvalue weighted by atomic mass is 16.4. The zero-order chi connectivity index (χ0) is 14.3. The predicted molar refractivity (Wildman–Crippen MR) is 68.3 cm³/mol. The first-order valence-corrected chi connectivity index (χ1v) is 5.86. The van der Waals surface area contributed by atoms with E-state index >= 15 is 0 Å². The minimum absolute atomic E-state index is 0.0232. The monoisotopic (exact) mass is 264 g/mol. The number of hydrogen-bond acceptors (Lipinski definition) is 3. The summed E-state index contributed by atoms with van der Waals surface area (Å²) in [5, 5.41) is 11.1. The van der Waals surface area contributed by atoms with Crippen molar-refractivity contribution in [3.05, 3.63) is 35.4 Å². The van der Waals surface area contributed by atoms with Crippen LogP contribution in [0, 0.1) is 0 Å². The van der Waals surface area contributed by atoms with Gasteiger partial charge >= 0.3 is 5.97 Å². The number of rotatable bonds is 7. The van der Waals surface area contributed by atoms with Gasteiger partial charge in [-0.05, 0) is 24.1 Å². The lowest BCUT2D eigenvalue weighted by Crippen LogP contribution is -2.23. The van der Waals surface area contributed by atoms with Crippen LogP contribution in [0.5, 0.6) is 0 Å². The van der Waals surface area contributed by atoms with Crippen molar-refractivity contribution in [3.63, 3.8) is 0 Å². The molecule has 1 rings (SSSR count). The number of hydrogen-bond donors (Lipinski definition) is 3. The maximum atomic E-state index is 11.4. The Morgan fingerprint density at radius 2 is 1.95 bits per heavy atom. The summed E-state index contributed by atoms with van der Waals surface area (Å²) in [6.07, 6.45) is 0.453. The number of primary amides is 1. The number of carbonyl (C=O) groups is 3. The topological polar surface area (TPSA) is 109 Å². The Morgan fingerprint density at radius 1 is 1.21 bits per heavy atom. The quantitative estimate of drug-likeness (QED) is 0.671. The second-order valence-electron chi connectivity index (χ2n) is 4.09. The molecule has 0 saturated carbocycles. The summed E-state index contributed by atoms with van der Waals surface area (Å²) in [5.74, 6) is -1.65. The highest BCUT2D eigenvalue weighted by molar-refractivity contribution is 5.92. The van der Waals surface area contributed by atoms with Crippen LogP contribution in [0.25, 0.3) is 0 Å². The predicted octanol–water partition coefficient (Wildman–Crippen LogP) is 0.657. The third-order valence-corrected chi connectivity index (χ3v) is 2.50. The van der Waals surface area contributed by atoms with Gasteiger partial charge in [-0.3, -0.25) is 14.4 Å². The van der Waals surface area contributed by atoms with Crippen LogP contribution in [0.2, 0.25) is 0 Å². The number of carboxylic acids is 1. The van der Waals surface area contributed by atoms with E-state index in [1.165, 1.54) is 0 Å². The molecule has 0 saturated heterocycles. The molecule has 1 aromatic rings. The molecule has 0 atom stereocenters. The van der Waals surface area contributed by atoms with Crippen LogP contribution in [-0.4, -0.2) is 22.9 Å². The molecule has 6 nitrogen and oxygen atoms in total. The number of aliphatic carboxylic acids is 1. The van der Waals surface area contributed by atoms with Gasteiger partial charge in [0.1, 0.15) is 0 Å². The lowest BCUT2D eigenvalue weighted by molar-refractivity contribution is -0.137. The van der Waals surface area contributed by atoms with Gasteiger partial charge in [-0.1, -0.05) is 12.1 Å². The van der Waals surface area contributed by atoms with Gasteiger partial charge in [-0.25, -0.2) is 0 Å². The first-order chi connectivity index (χ1) is 8.99. The SMILES string of the molecule is NC(=O)c1cccc(CNC(=O)CCCC(=O)O)c1. The van der Waals surface area contributed by atoms with E-state index in [2.05, 4.69) is 5.32 Å². The average Bonchev–Trinajstić information content (AvgIpc) is 2.36. The Hall–Kier alpha value is -2.37. The summed E-state index contributed by atoms with van der Waals surface area (Å²) >= 11 is 0. The zero-order valence-corrected chi connectivity index (χ0v) is 10.4. The second kappa shape index (κ2) is 7.15. The molecule has 0 aliphatic heterocycles. The molecule has 102 valence electrons. The minimum Gasteiger partial charge on any atom is -0.481 e. The van der Waals surface area contributed by atoms with Crippen molar-refractivity contribution in [2.45, 2.75) is 25.8 Å². The Bertz CT molecular complexity index is 485. The minimum atomic E-state index is -0.915. The van der Waals surface area contributed by atoms with Crippen molar-refractivity contribution in [1.29, 1.82) is 0 Å². The van der Waals surface area contributed by atoms with Crippen LogP contribution in [0.4, 0.5) is 0 Å². The number of nitrogens with two attached hydrogens (primary N) is 1. The van der Waals surface area contributed by atoms with Gasteiger partial charge in [-0.15, -0.1) is 0 Å². The fraction of sp³-hybridized carbons (Fsp3) is 0.308. The fourth-order valence-electron chi connectivity index (χ4n) is 1.52. The Morgan fingerprint density at radius 3 is 2.58 bits per heavy atom. The average molecular weight is 264 g/mol. The van der Waals surface area contributed by atoms with E-state index in [0.29, 0.717) is 12.0 Å². The normalized spacial score (nSPS) is 9.89. The first-order valence-electron chi connectivity index (χ1n) is 5.86. The molecule has 6 heteroatoms. The number of carboxylic acid groups (broad SMARTS) is 1. The molecule has 1 aromatic carbocycles. The number of amides is 2. The van der Waals surface area contributed by atoms with Gasteiger partial charge in [0, 0.05) is 24.9 Å². The molecule has 4 N–H and O–H groups in total. The molecule has 2 amide bonds. The fourth-order valence-corrected chi connectivity index (χ4v) is 1.52. The molecule has 0 spiro atoms. The van der Waals surface area contributed by atoms with Crippen molar-refractivity contribution >= 4 is 17.8 Å². The van der Waals surface area contributed by atoms with Gasteiger partial charge in [0.2, 0.25) is 11.8 Å². The maximum Gasteiger partial charge on any atom is 0.303 e. The lowest BCUT2D eigenvalue weighted by atomic mass is 10.1. The first kappa shape index (κ1) is 14.7. The molecule has 0 aliphatic carbocycles. The smallest absolute Gasteiger partial charge is 0.303 e. The Labute approximate surface area is 110 Å². The van der Waals surface area contributed by atoms with Crippen LogP contribution in [0.1, 0.15) is 35.2 Å². The lowest BCUT2D eigenvalue weighted by Gasteiger charge is -2.06. The number of carbonyl (C=O) groups excluding carboxylic acids is 2. The Balaban J connectivity index is 2.39. The molecule has 0 aromatic heterocycles. The van der Waals surface area contributed by atoms with Crippen LogP contribution < -0.4 is 11.1 Å². The molecule has 0 bridgehead atoms. The third kappa shape index (κ3) is 5.67. The van der Waals surface area contributed by atoms with Crippen LogP contribution in [0.3, 0.4) is 0 Å². The van der Waals surface area contributed by atoms with E-state index in [4.69, 9.17) is 10.8 Å². The van der Waals surface area contributed by atoms with Crippen LogP contribution in [0.15, 0.2) is 24.3 Å². The molecule has 0 aliphatic rings. The summed E-state index contributed by atoms with van der Waals surface area (Å²) in [7, 11) is 0. The van der Waals surface area contributed by atoms with E-state index in [1.54, 1.807) is 24.3 Å². The van der Waals surface area contributed by atoms with Crippen molar-refractivity contribution in [2.75, 3.05) is 0 Å². The molecular formula is C13H16N2O4. The van der Waals surface area contributed by atoms with Crippen LogP contribution >= 0.6 is 0 Å². The highest BCUT2D eigenvalue weighted by Gasteiger charge is 2.05. The molecular weight excluding hydrogens is 248 g/mol. The second-order valence-corrected chi connectivity index (χ2v) is 4.09. The van der Waals surface area contributed by atoms with E-state index in [1.807, 2.05) is 0 Å². The largest absolute Gasteiger partial charge is 0.481 e. The highest BCUT2D eigenvalue weighted by Crippen LogP contribution is 2.04. The molecule has 0 radical (unpaired) electrons. The molecule has 19 heavy (non-hydrogen) atoms. The van der Waals surface area contributed by atoms with E-state index < -0.39 is 11.9 Å². The van der Waals surface area contributed by atoms with Crippen molar-refractivity contribution in [2.24, 2.45) is 5.73 Å². The van der Waals surface area contributed by atoms with Gasteiger partial charge in [0.05, 0.1) is 0 Å². The van der Waals surface area contributed by atoms with Gasteiger partial charge < -0.3 is 16.2 Å². The zero-order valence-electron chi connectivity index (χ0n) is 10.4. The maximum absolute atomic E-state index is 11.4. The van der Waals surface area contributed by atoms with E-state index in [9.17, 15) is 14.4 Å². The standard InChI is InChI=1S/C13H16N2O4/c14-13(19)10-4-1-3-9(7-10)8-15-11(16)5-2-6-12(17)18/h1,3-4,7H,2,5-6,8H2,(H2,14,19)(H,15,16)(H,17,18). The van der Waals surface area contributed by atoms with Crippen molar-refractivity contribution in [1.82, 2.24) is 5.32 Å². The summed E-state index contributed by atoms with van der Waals surface area (Å²) < 4.78 is 0. The third-order valence-electron chi connectivity index (χ3n) is 2.50. The van der Waals surface area contributed by atoms with Crippen molar-refractivity contribution < 1.29 is 19.5 Å². The summed E-state index contributed by atoms with van der Waals surface area (Å²) in [5.41, 5.74) is 6.30. The molecule has 0 unspecified atom stereocenters. The van der Waals surface area contributed by atoms with E-state index in [0.717, 1.165) is 5.56 Å². The Kier molecular flexibility index (Phi) is 5.53. The molecule has 0 heterocycles. The van der Waals surface area contributed by atoms with Gasteiger partial charge in [-0.2, -0.15) is 0 Å². The van der Waals surface area contributed by atoms with Gasteiger partial charge in [0.15, 0.2) is 0 Å². The van der Waals surface area contributed by atoms with Crippen LogP contribution in [-0.2, 0) is 16.1 Å². The molecule has 0 fully saturated rings. The summed E-state index contributed by atoms with van der Waals surface area (Å²) in [6.45, 7) is 0.285. The van der Waals surface area contributed by atoms with Gasteiger partial charge in [0.25, 0.3) is 0 Å². The number of benzene rings is 1. The van der Waals surface area contributed by atoms with E-state index in [-0.39, 0.29) is 25.3 Å². The van der Waals surface area contributed by atoms with Crippen molar-refractivity contribution in [3.8, 4) is 0 Å².